The van der Waals surface area contributed by atoms with Crippen LogP contribution in [-0.2, 0) is 14.8 Å². The predicted octanol–water partition coefficient (Wildman–Crippen LogP) is 2.53. The van der Waals surface area contributed by atoms with E-state index in [9.17, 15) is 13.2 Å². The molecule has 2 aromatic rings. The summed E-state index contributed by atoms with van der Waals surface area (Å²) in [5, 5.41) is 0. The average molecular weight is 395 g/mol. The van der Waals surface area contributed by atoms with Gasteiger partial charge in [-0.15, -0.1) is 0 Å². The lowest BCUT2D eigenvalue weighted by Gasteiger charge is -2.17. The number of hydrogen-bond donors (Lipinski definition) is 1. The Bertz CT molecular complexity index is 824. The third-order valence-electron chi connectivity index (χ3n) is 3.70. The van der Waals surface area contributed by atoms with E-state index in [4.69, 9.17) is 0 Å². The molecule has 7 heteroatoms. The number of anilines is 1. The Morgan fingerprint density at radius 1 is 1.04 bits per heavy atom. The Balaban J connectivity index is 1.79. The number of carbonyl (C=O) groups is 1. The van der Waals surface area contributed by atoms with E-state index in [1.54, 1.807) is 23.1 Å². The fourth-order valence-corrected chi connectivity index (χ4v) is 4.79. The van der Waals surface area contributed by atoms with Crippen LogP contribution in [0.15, 0.2) is 64.0 Å². The van der Waals surface area contributed by atoms with Crippen molar-refractivity contribution in [2.45, 2.75) is 17.4 Å². The summed E-state index contributed by atoms with van der Waals surface area (Å²) in [6.45, 7) is 0.492. The molecular formula is C16H15BrN2O3S. The number of rotatable bonds is 4. The minimum atomic E-state index is -3.76. The summed E-state index contributed by atoms with van der Waals surface area (Å²) in [4.78, 5) is 14.2. The second-order valence-corrected chi connectivity index (χ2v) is 7.76. The molecule has 0 radical (unpaired) electrons. The first-order valence-electron chi connectivity index (χ1n) is 7.12. The maximum Gasteiger partial charge on any atom is 0.245 e. The van der Waals surface area contributed by atoms with Crippen LogP contribution in [0.25, 0.3) is 0 Å². The number of carbonyl (C=O) groups excluding carboxylic acids is 1. The summed E-state index contributed by atoms with van der Waals surface area (Å²) < 4.78 is 28.0. The molecule has 1 N–H and O–H groups in total. The van der Waals surface area contributed by atoms with Gasteiger partial charge in [0.15, 0.2) is 0 Å². The lowest BCUT2D eigenvalue weighted by atomic mass is 10.3. The number of hydrogen-bond acceptors (Lipinski definition) is 3. The topological polar surface area (TPSA) is 66.5 Å². The molecule has 1 atom stereocenters. The van der Waals surface area contributed by atoms with E-state index in [0.29, 0.717) is 17.4 Å². The molecule has 1 amide bonds. The van der Waals surface area contributed by atoms with Gasteiger partial charge >= 0.3 is 0 Å². The maximum absolute atomic E-state index is 12.5. The molecule has 1 unspecified atom stereocenters. The minimum Gasteiger partial charge on any atom is -0.311 e. The van der Waals surface area contributed by atoms with Gasteiger partial charge in [-0.3, -0.25) is 4.79 Å². The van der Waals surface area contributed by atoms with Gasteiger partial charge in [-0.1, -0.05) is 30.3 Å². The normalized spacial score (nSPS) is 18.4. The van der Waals surface area contributed by atoms with Crippen LogP contribution in [0.2, 0.25) is 0 Å². The van der Waals surface area contributed by atoms with Crippen LogP contribution in [0.3, 0.4) is 0 Å². The monoisotopic (exact) mass is 394 g/mol. The summed E-state index contributed by atoms with van der Waals surface area (Å²) in [6.07, 6.45) is 0.442. The Kier molecular flexibility index (Phi) is 4.52. The number of amides is 1. The molecule has 1 aliphatic heterocycles. The van der Waals surface area contributed by atoms with Gasteiger partial charge in [-0.25, -0.2) is 8.42 Å². The van der Waals surface area contributed by atoms with Gasteiger partial charge in [-0.05, 0) is 46.6 Å². The van der Waals surface area contributed by atoms with E-state index >= 15 is 0 Å². The van der Waals surface area contributed by atoms with Crippen molar-refractivity contribution < 1.29 is 13.2 Å². The fourth-order valence-electron chi connectivity index (χ4n) is 2.57. The van der Waals surface area contributed by atoms with Crippen molar-refractivity contribution in [2.24, 2.45) is 0 Å². The second-order valence-electron chi connectivity index (χ2n) is 5.22. The zero-order valence-electron chi connectivity index (χ0n) is 12.1. The Morgan fingerprint density at radius 3 is 2.39 bits per heavy atom. The zero-order chi connectivity index (χ0) is 16.4. The highest BCUT2D eigenvalue weighted by molar-refractivity contribution is 9.10. The average Bonchev–Trinajstić information content (AvgIpc) is 2.89. The van der Waals surface area contributed by atoms with Crippen molar-refractivity contribution in [3.63, 3.8) is 0 Å². The van der Waals surface area contributed by atoms with Crippen molar-refractivity contribution in [2.75, 3.05) is 11.4 Å². The fraction of sp³-hybridized carbons (Fsp3) is 0.188. The molecule has 1 saturated heterocycles. The van der Waals surface area contributed by atoms with Crippen molar-refractivity contribution in [3.05, 3.63) is 59.1 Å². The smallest absolute Gasteiger partial charge is 0.245 e. The summed E-state index contributed by atoms with van der Waals surface area (Å²) in [5.74, 6) is -0.230. The Hall–Kier alpha value is -1.70. The van der Waals surface area contributed by atoms with Crippen LogP contribution in [0, 0.1) is 0 Å². The molecular weight excluding hydrogens is 380 g/mol. The van der Waals surface area contributed by atoms with Crippen LogP contribution in [0.4, 0.5) is 5.69 Å². The molecule has 5 nitrogen and oxygen atoms in total. The van der Waals surface area contributed by atoms with Gasteiger partial charge in [0.2, 0.25) is 15.9 Å². The predicted molar refractivity (Wildman–Crippen MR) is 91.7 cm³/mol. The lowest BCUT2D eigenvalue weighted by molar-refractivity contribution is -0.118. The number of nitrogens with one attached hydrogen (secondary N) is 1. The van der Waals surface area contributed by atoms with E-state index in [-0.39, 0.29) is 10.8 Å². The summed E-state index contributed by atoms with van der Waals surface area (Å²) >= 11 is 3.23. The van der Waals surface area contributed by atoms with Crippen LogP contribution in [-0.4, -0.2) is 26.9 Å². The molecule has 0 saturated carbocycles. The number of halogens is 1. The highest BCUT2D eigenvalue weighted by Crippen LogP contribution is 2.25. The second kappa shape index (κ2) is 6.43. The van der Waals surface area contributed by atoms with Crippen molar-refractivity contribution in [1.29, 1.82) is 0 Å². The zero-order valence-corrected chi connectivity index (χ0v) is 14.5. The molecule has 1 aliphatic rings. The molecule has 0 spiro atoms. The quantitative estimate of drug-likeness (QED) is 0.866. The first-order chi connectivity index (χ1) is 11.0. The Labute approximate surface area is 143 Å². The van der Waals surface area contributed by atoms with E-state index in [1.807, 2.05) is 30.3 Å². The van der Waals surface area contributed by atoms with Gasteiger partial charge in [0.05, 0.1) is 4.90 Å². The number of para-hydroxylation sites is 1. The van der Waals surface area contributed by atoms with Gasteiger partial charge in [0, 0.05) is 16.7 Å². The highest BCUT2D eigenvalue weighted by Gasteiger charge is 2.35. The largest absolute Gasteiger partial charge is 0.311 e. The number of nitrogens with zero attached hydrogens (tertiary/aromatic N) is 1. The van der Waals surface area contributed by atoms with E-state index in [2.05, 4.69) is 20.7 Å². The van der Waals surface area contributed by atoms with Gasteiger partial charge in [-0.2, -0.15) is 4.72 Å². The molecule has 0 bridgehead atoms. The SMILES string of the molecule is O=C1C(NS(=O)(=O)c2ccccc2Br)CCN1c1ccccc1. The number of benzene rings is 2. The van der Waals surface area contributed by atoms with Crippen LogP contribution < -0.4 is 9.62 Å². The van der Waals surface area contributed by atoms with Crippen LogP contribution in [0.5, 0.6) is 0 Å². The third kappa shape index (κ3) is 3.31. The third-order valence-corrected chi connectivity index (χ3v) is 6.18. The standard InChI is InChI=1S/C16H15BrN2O3S/c17-13-8-4-5-9-15(13)23(21,22)18-14-10-11-19(16(14)20)12-6-2-1-3-7-12/h1-9,14,18H,10-11H2. The lowest BCUT2D eigenvalue weighted by Crippen LogP contribution is -2.41. The van der Waals surface area contributed by atoms with Gasteiger partial charge < -0.3 is 4.90 Å². The first kappa shape index (κ1) is 16.2. The summed E-state index contributed by atoms with van der Waals surface area (Å²) in [6, 6.07) is 15.0. The van der Waals surface area contributed by atoms with Crippen molar-refractivity contribution in [3.8, 4) is 0 Å². The molecule has 2 aromatic carbocycles. The van der Waals surface area contributed by atoms with Crippen molar-refractivity contribution in [1.82, 2.24) is 4.72 Å². The minimum absolute atomic E-state index is 0.131. The van der Waals surface area contributed by atoms with Crippen molar-refractivity contribution >= 4 is 37.5 Å². The molecule has 120 valence electrons. The molecule has 1 fully saturated rings. The van der Waals surface area contributed by atoms with E-state index in [1.165, 1.54) is 6.07 Å². The Morgan fingerprint density at radius 2 is 1.70 bits per heavy atom. The maximum atomic E-state index is 12.5. The molecule has 0 aliphatic carbocycles. The molecule has 3 rings (SSSR count). The van der Waals surface area contributed by atoms with E-state index < -0.39 is 16.1 Å². The van der Waals surface area contributed by atoms with E-state index in [0.717, 1.165) is 5.69 Å². The van der Waals surface area contributed by atoms with Gasteiger partial charge in [0.1, 0.15) is 6.04 Å². The summed E-state index contributed by atoms with van der Waals surface area (Å²) in [5.41, 5.74) is 0.778. The number of sulfonamides is 1. The molecule has 1 heterocycles. The van der Waals surface area contributed by atoms with Crippen LogP contribution in [0.1, 0.15) is 6.42 Å². The first-order valence-corrected chi connectivity index (χ1v) is 9.40. The summed E-state index contributed by atoms with van der Waals surface area (Å²) in [7, 11) is -3.76. The van der Waals surface area contributed by atoms with Gasteiger partial charge in [0.25, 0.3) is 0 Å². The highest BCUT2D eigenvalue weighted by atomic mass is 79.9. The van der Waals surface area contributed by atoms with Crippen LogP contribution >= 0.6 is 15.9 Å². The molecule has 0 aromatic heterocycles. The molecule has 23 heavy (non-hydrogen) atoms.